The largest absolute Gasteiger partial charge is 0.481 e. The van der Waals surface area contributed by atoms with Crippen LogP contribution in [0.5, 0.6) is 5.88 Å². The van der Waals surface area contributed by atoms with Gasteiger partial charge < -0.3 is 9.64 Å². The molecule has 25 heavy (non-hydrogen) atoms. The molecule has 4 rings (SSSR count). The first-order valence-electron chi connectivity index (χ1n) is 8.90. The lowest BCUT2D eigenvalue weighted by molar-refractivity contribution is 0.205. The van der Waals surface area contributed by atoms with Crippen LogP contribution in [0.1, 0.15) is 30.0 Å². The number of hydrogen-bond acceptors (Lipinski definition) is 7. The third-order valence-corrected chi connectivity index (χ3v) is 6.38. The Morgan fingerprint density at radius 2 is 2.00 bits per heavy atom. The lowest BCUT2D eigenvalue weighted by Crippen LogP contribution is -2.42. The zero-order valence-corrected chi connectivity index (χ0v) is 15.8. The summed E-state index contributed by atoms with van der Waals surface area (Å²) >= 11 is 1.75. The van der Waals surface area contributed by atoms with E-state index in [1.54, 1.807) is 24.8 Å². The summed E-state index contributed by atoms with van der Waals surface area (Å²) in [5.74, 6) is 1.62. The molecule has 0 atom stereocenters. The van der Waals surface area contributed by atoms with Crippen molar-refractivity contribution in [2.45, 2.75) is 32.7 Å². The summed E-state index contributed by atoms with van der Waals surface area (Å²) in [5, 5.41) is 3.36. The van der Waals surface area contributed by atoms with Crippen LogP contribution < -0.4 is 9.64 Å². The number of anilines is 1. The van der Waals surface area contributed by atoms with Crippen molar-refractivity contribution in [1.82, 2.24) is 19.9 Å². The summed E-state index contributed by atoms with van der Waals surface area (Å²) in [5.41, 5.74) is 1.70. The maximum atomic E-state index is 5.22. The van der Waals surface area contributed by atoms with Gasteiger partial charge in [-0.2, -0.15) is 0 Å². The van der Waals surface area contributed by atoms with Crippen molar-refractivity contribution in [3.63, 3.8) is 0 Å². The number of rotatable bonds is 4. The Kier molecular flexibility index (Phi) is 4.60. The van der Waals surface area contributed by atoms with Crippen molar-refractivity contribution in [2.24, 2.45) is 5.41 Å². The molecule has 6 nitrogen and oxygen atoms in total. The highest BCUT2D eigenvalue weighted by atomic mass is 32.1. The van der Waals surface area contributed by atoms with E-state index < -0.39 is 0 Å². The van der Waals surface area contributed by atoms with E-state index in [1.165, 1.54) is 38.0 Å². The molecule has 2 fully saturated rings. The fourth-order valence-corrected chi connectivity index (χ4v) is 4.71. The fourth-order valence-electron chi connectivity index (χ4n) is 4.11. The molecule has 0 unspecified atom stereocenters. The van der Waals surface area contributed by atoms with E-state index in [0.29, 0.717) is 11.3 Å². The van der Waals surface area contributed by atoms with Crippen LogP contribution in [0, 0.1) is 12.3 Å². The normalized spacial score (nSPS) is 20.3. The van der Waals surface area contributed by atoms with Crippen LogP contribution in [-0.4, -0.2) is 53.1 Å². The second kappa shape index (κ2) is 6.88. The van der Waals surface area contributed by atoms with E-state index >= 15 is 0 Å². The van der Waals surface area contributed by atoms with Gasteiger partial charge in [0.1, 0.15) is 12.1 Å². The molecule has 1 spiro atoms. The van der Waals surface area contributed by atoms with Crippen molar-refractivity contribution in [3.8, 4) is 5.88 Å². The summed E-state index contributed by atoms with van der Waals surface area (Å²) in [7, 11) is 1.65. The van der Waals surface area contributed by atoms with Gasteiger partial charge in [-0.1, -0.05) is 0 Å². The third kappa shape index (κ3) is 3.62. The Hall–Kier alpha value is -1.73. The Morgan fingerprint density at radius 1 is 1.20 bits per heavy atom. The van der Waals surface area contributed by atoms with Gasteiger partial charge in [-0.15, -0.1) is 11.3 Å². The first kappa shape index (κ1) is 16.7. The van der Waals surface area contributed by atoms with Gasteiger partial charge in [-0.3, -0.25) is 4.90 Å². The molecule has 2 saturated heterocycles. The second-order valence-electron chi connectivity index (χ2n) is 7.22. The van der Waals surface area contributed by atoms with Crippen molar-refractivity contribution < 1.29 is 4.74 Å². The van der Waals surface area contributed by atoms with Crippen molar-refractivity contribution in [3.05, 3.63) is 28.5 Å². The average molecular weight is 359 g/mol. The van der Waals surface area contributed by atoms with E-state index in [4.69, 9.17) is 4.74 Å². The van der Waals surface area contributed by atoms with Crippen LogP contribution in [0.25, 0.3) is 0 Å². The molecular weight excluding hydrogens is 334 g/mol. The lowest BCUT2D eigenvalue weighted by Gasteiger charge is -2.40. The zero-order chi connectivity index (χ0) is 17.3. The molecule has 7 heteroatoms. The van der Waals surface area contributed by atoms with Crippen LogP contribution in [0.15, 0.2) is 17.8 Å². The zero-order valence-electron chi connectivity index (χ0n) is 14.9. The lowest BCUT2D eigenvalue weighted by atomic mass is 9.78. The van der Waals surface area contributed by atoms with Crippen LogP contribution in [0.3, 0.4) is 0 Å². The minimum absolute atomic E-state index is 0.471. The van der Waals surface area contributed by atoms with Crippen LogP contribution >= 0.6 is 11.3 Å². The van der Waals surface area contributed by atoms with Crippen molar-refractivity contribution in [2.75, 3.05) is 38.2 Å². The number of piperidine rings is 1. The Morgan fingerprint density at radius 3 is 2.72 bits per heavy atom. The van der Waals surface area contributed by atoms with Gasteiger partial charge in [0.2, 0.25) is 5.88 Å². The summed E-state index contributed by atoms with van der Waals surface area (Å²) in [4.78, 5) is 18.1. The number of thiazole rings is 1. The first-order valence-corrected chi connectivity index (χ1v) is 9.78. The number of nitrogens with zero attached hydrogens (tertiary/aromatic N) is 5. The molecule has 0 bridgehead atoms. The summed E-state index contributed by atoms with van der Waals surface area (Å²) in [6.07, 6.45) is 5.35. The highest BCUT2D eigenvalue weighted by Gasteiger charge is 2.40. The van der Waals surface area contributed by atoms with Gasteiger partial charge >= 0.3 is 0 Å². The average Bonchev–Trinajstić information content (AvgIpc) is 3.22. The molecular formula is C18H25N5OS. The fraction of sp³-hybridized carbons (Fsp3) is 0.611. The molecule has 0 amide bonds. The molecule has 0 radical (unpaired) electrons. The van der Waals surface area contributed by atoms with Gasteiger partial charge in [0.15, 0.2) is 0 Å². The number of hydrogen-bond donors (Lipinski definition) is 0. The number of ether oxygens (including phenoxy) is 1. The molecule has 0 saturated carbocycles. The maximum Gasteiger partial charge on any atom is 0.218 e. The van der Waals surface area contributed by atoms with Crippen LogP contribution in [-0.2, 0) is 6.54 Å². The Labute approximate surface area is 152 Å². The minimum Gasteiger partial charge on any atom is -0.481 e. The SMILES string of the molecule is COc1cc(N2CCC3(CCN(Cc4csc(C)n4)C3)CC2)ncn1. The van der Waals surface area contributed by atoms with Crippen molar-refractivity contribution >= 4 is 17.2 Å². The number of methoxy groups -OCH3 is 1. The maximum absolute atomic E-state index is 5.22. The molecule has 134 valence electrons. The Balaban J connectivity index is 1.35. The van der Waals surface area contributed by atoms with Gasteiger partial charge in [0.05, 0.1) is 17.8 Å². The summed E-state index contributed by atoms with van der Waals surface area (Å²) < 4.78 is 5.22. The smallest absolute Gasteiger partial charge is 0.218 e. The van der Waals surface area contributed by atoms with E-state index in [2.05, 4.69) is 37.1 Å². The summed E-state index contributed by atoms with van der Waals surface area (Å²) in [6.45, 7) is 7.59. The first-order chi connectivity index (χ1) is 12.2. The molecule has 0 N–H and O–H groups in total. The predicted molar refractivity (Wildman–Crippen MR) is 99.2 cm³/mol. The van der Waals surface area contributed by atoms with E-state index in [-0.39, 0.29) is 0 Å². The highest BCUT2D eigenvalue weighted by Crippen LogP contribution is 2.41. The number of likely N-dealkylation sites (tertiary alicyclic amines) is 1. The molecule has 2 aliphatic heterocycles. The molecule has 2 aliphatic rings. The van der Waals surface area contributed by atoms with Crippen LogP contribution in [0.2, 0.25) is 0 Å². The number of aryl methyl sites for hydroxylation is 1. The number of aromatic nitrogens is 3. The van der Waals surface area contributed by atoms with E-state index in [9.17, 15) is 0 Å². The van der Waals surface area contributed by atoms with Gasteiger partial charge in [0.25, 0.3) is 0 Å². The van der Waals surface area contributed by atoms with Crippen LogP contribution in [0.4, 0.5) is 5.82 Å². The molecule has 0 aromatic carbocycles. The highest BCUT2D eigenvalue weighted by molar-refractivity contribution is 7.09. The molecule has 4 heterocycles. The molecule has 2 aromatic heterocycles. The quantitative estimate of drug-likeness (QED) is 0.837. The molecule has 0 aliphatic carbocycles. The minimum atomic E-state index is 0.471. The van der Waals surface area contributed by atoms with Gasteiger partial charge in [-0.25, -0.2) is 15.0 Å². The topological polar surface area (TPSA) is 54.4 Å². The second-order valence-corrected chi connectivity index (χ2v) is 8.29. The standard InChI is InChI=1S/C18H25N5OS/c1-14-21-15(11-25-14)10-22-6-3-18(12-22)4-7-23(8-5-18)16-9-17(24-2)20-13-19-16/h9,11,13H,3-8,10,12H2,1-2H3. The van der Waals surface area contributed by atoms with Crippen molar-refractivity contribution in [1.29, 1.82) is 0 Å². The van der Waals surface area contributed by atoms with Gasteiger partial charge in [0, 0.05) is 37.6 Å². The Bertz CT molecular complexity index is 726. The summed E-state index contributed by atoms with van der Waals surface area (Å²) in [6, 6.07) is 1.93. The monoisotopic (exact) mass is 359 g/mol. The van der Waals surface area contributed by atoms with Gasteiger partial charge in [-0.05, 0) is 38.1 Å². The molecule has 2 aromatic rings. The van der Waals surface area contributed by atoms with E-state index in [0.717, 1.165) is 30.5 Å². The van der Waals surface area contributed by atoms with E-state index in [1.807, 2.05) is 6.07 Å². The predicted octanol–water partition coefficient (Wildman–Crippen LogP) is 2.74. The third-order valence-electron chi connectivity index (χ3n) is 5.55.